The molecule has 1 rings (SSSR count). The van der Waals surface area contributed by atoms with Crippen LogP contribution in [0.1, 0.15) is 32.8 Å². The van der Waals surface area contributed by atoms with E-state index in [-0.39, 0.29) is 19.6 Å². The molecule has 0 amide bonds. The van der Waals surface area contributed by atoms with E-state index in [1.54, 1.807) is 27.9 Å². The summed E-state index contributed by atoms with van der Waals surface area (Å²) in [7, 11) is 1.57. The molecule has 0 radical (unpaired) electrons. The van der Waals surface area contributed by atoms with E-state index in [0.29, 0.717) is 12.2 Å². The second-order valence-corrected chi connectivity index (χ2v) is 4.90. The third-order valence-corrected chi connectivity index (χ3v) is 3.58. The van der Waals surface area contributed by atoms with Gasteiger partial charge in [-0.05, 0) is 44.4 Å². The van der Waals surface area contributed by atoms with Gasteiger partial charge < -0.3 is 14.2 Å². The Balaban J connectivity index is 3.17. The molecule has 5 heteroatoms. The molecule has 0 aliphatic rings. The summed E-state index contributed by atoms with van der Waals surface area (Å²) in [6.45, 7) is 5.66. The van der Waals surface area contributed by atoms with Crippen molar-refractivity contribution in [1.29, 1.82) is 0 Å². The van der Waals surface area contributed by atoms with Gasteiger partial charge in [-0.25, -0.2) is 0 Å². The summed E-state index contributed by atoms with van der Waals surface area (Å²) in [4.78, 5) is 24.8. The Labute approximate surface area is 131 Å². The maximum Gasteiger partial charge on any atom is 0.323 e. The highest BCUT2D eigenvalue weighted by Crippen LogP contribution is 2.32. The Morgan fingerprint density at radius 3 is 2.09 bits per heavy atom. The van der Waals surface area contributed by atoms with Gasteiger partial charge in [0.05, 0.1) is 20.3 Å². The number of hydrogen-bond donors (Lipinski definition) is 0. The molecule has 0 heterocycles. The molecule has 0 aliphatic carbocycles. The van der Waals surface area contributed by atoms with Crippen molar-refractivity contribution in [2.75, 3.05) is 20.3 Å². The van der Waals surface area contributed by atoms with E-state index in [2.05, 4.69) is 0 Å². The third-order valence-electron chi connectivity index (χ3n) is 3.58. The van der Waals surface area contributed by atoms with Gasteiger partial charge in [-0.2, -0.15) is 0 Å². The zero-order chi connectivity index (χ0) is 16.6. The fourth-order valence-corrected chi connectivity index (χ4v) is 2.31. The molecular weight excluding hydrogens is 284 g/mol. The lowest BCUT2D eigenvalue weighted by Crippen LogP contribution is -2.43. The number of ether oxygens (including phenoxy) is 3. The second kappa shape index (κ2) is 8.41. The van der Waals surface area contributed by atoms with Crippen molar-refractivity contribution >= 4 is 11.9 Å². The maximum absolute atomic E-state index is 12.4. The minimum atomic E-state index is -1.32. The molecule has 0 bridgehead atoms. The van der Waals surface area contributed by atoms with Crippen LogP contribution in [0.4, 0.5) is 0 Å². The van der Waals surface area contributed by atoms with Gasteiger partial charge in [0.1, 0.15) is 5.75 Å². The molecule has 0 unspecified atom stereocenters. The quantitative estimate of drug-likeness (QED) is 0.546. The maximum atomic E-state index is 12.4. The van der Waals surface area contributed by atoms with Crippen LogP contribution in [0.3, 0.4) is 0 Å². The first-order valence-corrected chi connectivity index (χ1v) is 7.51. The van der Waals surface area contributed by atoms with Gasteiger partial charge in [0.15, 0.2) is 5.41 Å². The fraction of sp³-hybridized carbons (Fsp3) is 0.529. The summed E-state index contributed by atoms with van der Waals surface area (Å²) in [5, 5.41) is 0. The van der Waals surface area contributed by atoms with Gasteiger partial charge in [-0.15, -0.1) is 0 Å². The molecule has 0 aromatic heterocycles. The average molecular weight is 308 g/mol. The smallest absolute Gasteiger partial charge is 0.323 e. The van der Waals surface area contributed by atoms with Crippen LogP contribution in [0.15, 0.2) is 24.3 Å². The Hall–Kier alpha value is -2.04. The number of rotatable bonds is 8. The van der Waals surface area contributed by atoms with Crippen molar-refractivity contribution in [3.8, 4) is 5.75 Å². The SMILES string of the molecule is CCOC(=O)C(CC)(Cc1cccc(OC)c1)C(=O)OCC. The summed E-state index contributed by atoms with van der Waals surface area (Å²) >= 11 is 0. The normalized spacial score (nSPS) is 10.9. The van der Waals surface area contributed by atoms with Crippen LogP contribution in [-0.4, -0.2) is 32.3 Å². The zero-order valence-electron chi connectivity index (χ0n) is 13.7. The minimum Gasteiger partial charge on any atom is -0.497 e. The van der Waals surface area contributed by atoms with Crippen LogP contribution >= 0.6 is 0 Å². The predicted molar refractivity (Wildman–Crippen MR) is 82.7 cm³/mol. The molecule has 0 saturated carbocycles. The molecule has 0 spiro atoms. The highest BCUT2D eigenvalue weighted by molar-refractivity contribution is 6.00. The minimum absolute atomic E-state index is 0.220. The molecule has 5 nitrogen and oxygen atoms in total. The summed E-state index contributed by atoms with van der Waals surface area (Å²) in [5.41, 5.74) is -0.499. The summed E-state index contributed by atoms with van der Waals surface area (Å²) < 4.78 is 15.4. The lowest BCUT2D eigenvalue weighted by molar-refractivity contribution is -0.172. The molecule has 122 valence electrons. The number of methoxy groups -OCH3 is 1. The van der Waals surface area contributed by atoms with Crippen molar-refractivity contribution in [3.05, 3.63) is 29.8 Å². The van der Waals surface area contributed by atoms with Gasteiger partial charge >= 0.3 is 11.9 Å². The number of carbonyl (C=O) groups excluding carboxylic acids is 2. The first-order chi connectivity index (χ1) is 10.5. The molecule has 0 aliphatic heterocycles. The molecule has 1 aromatic carbocycles. The summed E-state index contributed by atoms with van der Waals surface area (Å²) in [6.07, 6.45) is 0.528. The van der Waals surface area contributed by atoms with E-state index in [9.17, 15) is 9.59 Å². The van der Waals surface area contributed by atoms with Crippen LogP contribution < -0.4 is 4.74 Å². The standard InChI is InChI=1S/C17H24O5/c1-5-17(15(18)21-6-2,16(19)22-7-3)12-13-9-8-10-14(11-13)20-4/h8-11H,5-7,12H2,1-4H3. The van der Waals surface area contributed by atoms with Crippen molar-refractivity contribution in [1.82, 2.24) is 0 Å². The van der Waals surface area contributed by atoms with Crippen LogP contribution in [0.25, 0.3) is 0 Å². The van der Waals surface area contributed by atoms with E-state index >= 15 is 0 Å². The first-order valence-electron chi connectivity index (χ1n) is 7.51. The van der Waals surface area contributed by atoms with E-state index < -0.39 is 17.4 Å². The Morgan fingerprint density at radius 1 is 1.05 bits per heavy atom. The fourth-order valence-electron chi connectivity index (χ4n) is 2.31. The van der Waals surface area contributed by atoms with Crippen LogP contribution in [0, 0.1) is 5.41 Å². The second-order valence-electron chi connectivity index (χ2n) is 4.90. The largest absolute Gasteiger partial charge is 0.497 e. The molecule has 0 fully saturated rings. The van der Waals surface area contributed by atoms with E-state index in [4.69, 9.17) is 14.2 Å². The van der Waals surface area contributed by atoms with Crippen molar-refractivity contribution in [2.24, 2.45) is 5.41 Å². The highest BCUT2D eigenvalue weighted by Gasteiger charge is 2.47. The van der Waals surface area contributed by atoms with Gasteiger partial charge in [0, 0.05) is 0 Å². The number of hydrogen-bond acceptors (Lipinski definition) is 5. The van der Waals surface area contributed by atoms with Crippen molar-refractivity contribution in [3.63, 3.8) is 0 Å². The first kappa shape index (κ1) is 18.0. The van der Waals surface area contributed by atoms with Crippen LogP contribution in [-0.2, 0) is 25.5 Å². The molecule has 22 heavy (non-hydrogen) atoms. The Bertz CT molecular complexity index is 492. The monoisotopic (exact) mass is 308 g/mol. The predicted octanol–water partition coefficient (Wildman–Crippen LogP) is 2.76. The van der Waals surface area contributed by atoms with E-state index in [1.807, 2.05) is 24.3 Å². The molecule has 0 saturated heterocycles. The average Bonchev–Trinajstić information content (AvgIpc) is 2.53. The highest BCUT2D eigenvalue weighted by atomic mass is 16.6. The molecule has 1 aromatic rings. The Morgan fingerprint density at radius 2 is 1.64 bits per heavy atom. The van der Waals surface area contributed by atoms with Crippen molar-refractivity contribution in [2.45, 2.75) is 33.6 Å². The van der Waals surface area contributed by atoms with Gasteiger partial charge in [-0.1, -0.05) is 19.1 Å². The molecule has 0 atom stereocenters. The van der Waals surface area contributed by atoms with Gasteiger partial charge in [0.2, 0.25) is 0 Å². The van der Waals surface area contributed by atoms with Crippen molar-refractivity contribution < 1.29 is 23.8 Å². The number of carbonyl (C=O) groups is 2. The summed E-state index contributed by atoms with van der Waals surface area (Å²) in [6, 6.07) is 7.30. The van der Waals surface area contributed by atoms with E-state index in [0.717, 1.165) is 5.56 Å². The third kappa shape index (κ3) is 4.00. The number of esters is 2. The molecule has 0 N–H and O–H groups in total. The van der Waals surface area contributed by atoms with Crippen LogP contribution in [0.2, 0.25) is 0 Å². The zero-order valence-corrected chi connectivity index (χ0v) is 13.7. The summed E-state index contributed by atoms with van der Waals surface area (Å²) in [5.74, 6) is -0.409. The Kier molecular flexibility index (Phi) is 6.89. The molecular formula is C17H24O5. The van der Waals surface area contributed by atoms with Gasteiger partial charge in [0.25, 0.3) is 0 Å². The lowest BCUT2D eigenvalue weighted by atomic mass is 9.79. The van der Waals surface area contributed by atoms with Gasteiger partial charge in [-0.3, -0.25) is 9.59 Å². The number of benzene rings is 1. The topological polar surface area (TPSA) is 61.8 Å². The van der Waals surface area contributed by atoms with Crippen LogP contribution in [0.5, 0.6) is 5.75 Å². The lowest BCUT2D eigenvalue weighted by Gasteiger charge is -2.28. The van der Waals surface area contributed by atoms with E-state index in [1.165, 1.54) is 0 Å².